The van der Waals surface area contributed by atoms with Gasteiger partial charge in [0.2, 0.25) is 0 Å². The van der Waals surface area contributed by atoms with E-state index in [1.807, 2.05) is 42.7 Å². The van der Waals surface area contributed by atoms with Gasteiger partial charge < -0.3 is 10.5 Å². The minimum Gasteiger partial charge on any atom is -0.495 e. The van der Waals surface area contributed by atoms with Crippen molar-refractivity contribution >= 4 is 33.2 Å². The number of hydrogen-bond acceptors (Lipinski definition) is 5. The van der Waals surface area contributed by atoms with E-state index in [1.165, 1.54) is 0 Å². The molecule has 5 nitrogen and oxygen atoms in total. The van der Waals surface area contributed by atoms with Crippen LogP contribution >= 0.6 is 23.1 Å². The summed E-state index contributed by atoms with van der Waals surface area (Å²) >= 11 is 4.76. The molecule has 0 bridgehead atoms. The van der Waals surface area contributed by atoms with Crippen molar-refractivity contribution in [1.29, 1.82) is 0 Å². The summed E-state index contributed by atoms with van der Waals surface area (Å²) in [4.78, 5) is 8.62. The van der Waals surface area contributed by atoms with E-state index in [-0.39, 0.29) is 4.38 Å². The zero-order valence-electron chi connectivity index (χ0n) is 11.5. The van der Waals surface area contributed by atoms with E-state index in [0.717, 1.165) is 11.4 Å². The van der Waals surface area contributed by atoms with Crippen molar-refractivity contribution in [2.45, 2.75) is 0 Å². The lowest BCUT2D eigenvalue weighted by Gasteiger charge is -2.12. The van der Waals surface area contributed by atoms with Gasteiger partial charge in [-0.2, -0.15) is 16.0 Å². The second-order valence-corrected chi connectivity index (χ2v) is 7.01. The number of aromatic nitrogens is 2. The third-order valence-electron chi connectivity index (χ3n) is 2.64. The second kappa shape index (κ2) is 7.70. The summed E-state index contributed by atoms with van der Waals surface area (Å²) in [5.74, 6) is 0.508. The molecule has 2 N–H and O–H groups in total. The molecule has 1 unspecified atom stereocenters. The standard InChI is InChI=1S/C14H16N4OS2/c1-21(14(19)20)10-17-18-13(11-6-2-4-8-15-11)12-7-3-5-9-16-12/h2-9,17,21H,10H2,1H3,(H,19,20). The van der Waals surface area contributed by atoms with Crippen LogP contribution in [-0.2, 0) is 0 Å². The number of aliphatic hydroxyl groups excluding tert-OH is 1. The Bertz CT molecular complexity index is 578. The van der Waals surface area contributed by atoms with Crippen molar-refractivity contribution in [3.05, 3.63) is 60.2 Å². The van der Waals surface area contributed by atoms with Gasteiger partial charge in [0.25, 0.3) is 0 Å². The van der Waals surface area contributed by atoms with Crippen LogP contribution in [0.3, 0.4) is 0 Å². The Labute approximate surface area is 131 Å². The average Bonchev–Trinajstić information content (AvgIpc) is 2.53. The highest BCUT2D eigenvalue weighted by Gasteiger charge is 2.09. The highest BCUT2D eigenvalue weighted by atomic mass is 32.2. The molecular formula is C14H16N4OS2. The monoisotopic (exact) mass is 320 g/mol. The number of hydrogen-bond donors (Lipinski definition) is 3. The molecule has 7 heteroatoms. The van der Waals surface area contributed by atoms with E-state index in [9.17, 15) is 5.11 Å². The Balaban J connectivity index is 2.23. The predicted molar refractivity (Wildman–Crippen MR) is 92.3 cm³/mol. The van der Waals surface area contributed by atoms with Gasteiger partial charge in [-0.05, 0) is 42.7 Å². The Kier molecular flexibility index (Phi) is 5.65. The van der Waals surface area contributed by atoms with Gasteiger partial charge in [0, 0.05) is 12.4 Å². The van der Waals surface area contributed by atoms with Gasteiger partial charge in [-0.15, -0.1) is 0 Å². The predicted octanol–water partition coefficient (Wildman–Crippen LogP) is 2.25. The normalized spacial score (nSPS) is 12.3. The molecule has 2 aromatic rings. The van der Waals surface area contributed by atoms with Crippen LogP contribution in [0.5, 0.6) is 0 Å². The van der Waals surface area contributed by atoms with Crippen molar-refractivity contribution < 1.29 is 5.11 Å². The molecule has 0 saturated heterocycles. The van der Waals surface area contributed by atoms with E-state index in [1.54, 1.807) is 12.4 Å². The number of nitrogens with one attached hydrogen (secondary N) is 1. The first-order valence-electron chi connectivity index (χ1n) is 6.26. The maximum absolute atomic E-state index is 9.27. The molecule has 21 heavy (non-hydrogen) atoms. The van der Waals surface area contributed by atoms with Crippen LogP contribution in [0.4, 0.5) is 0 Å². The summed E-state index contributed by atoms with van der Waals surface area (Å²) in [6.45, 7) is 0. The van der Waals surface area contributed by atoms with Crippen LogP contribution in [0.15, 0.2) is 53.9 Å². The summed E-state index contributed by atoms with van der Waals surface area (Å²) in [5.41, 5.74) is 5.07. The molecule has 1 atom stereocenters. The van der Waals surface area contributed by atoms with Crippen LogP contribution < -0.4 is 5.43 Å². The molecule has 0 saturated carbocycles. The third-order valence-corrected chi connectivity index (χ3v) is 4.84. The lowest BCUT2D eigenvalue weighted by atomic mass is 10.1. The average molecular weight is 320 g/mol. The number of pyridine rings is 2. The maximum atomic E-state index is 9.27. The summed E-state index contributed by atoms with van der Waals surface area (Å²) in [6, 6.07) is 11.2. The van der Waals surface area contributed by atoms with Crippen molar-refractivity contribution in [3.63, 3.8) is 0 Å². The quantitative estimate of drug-likeness (QED) is 0.341. The topological polar surface area (TPSA) is 70.4 Å². The highest BCUT2D eigenvalue weighted by molar-refractivity contribution is 8.35. The van der Waals surface area contributed by atoms with Gasteiger partial charge in [-0.3, -0.25) is 9.97 Å². The van der Waals surface area contributed by atoms with Gasteiger partial charge in [-0.25, -0.2) is 0 Å². The van der Waals surface area contributed by atoms with E-state index in [2.05, 4.69) is 20.5 Å². The number of thiol groups is 1. The van der Waals surface area contributed by atoms with E-state index in [4.69, 9.17) is 12.2 Å². The molecule has 0 aromatic carbocycles. The minimum atomic E-state index is -0.780. The number of rotatable bonds is 5. The number of hydrazone groups is 1. The molecule has 110 valence electrons. The molecule has 0 spiro atoms. The SMILES string of the molecule is C[SH](CNN=C(c1ccccn1)c1ccccn1)C(O)=S. The zero-order chi connectivity index (χ0) is 15.1. The number of thiocarbonyl (C=S) groups is 1. The number of aliphatic hydroxyl groups is 1. The fraction of sp³-hybridized carbons (Fsp3) is 0.143. The van der Waals surface area contributed by atoms with Gasteiger partial charge in [-0.1, -0.05) is 12.1 Å². The summed E-state index contributed by atoms with van der Waals surface area (Å²) in [5, 5.41) is 13.6. The maximum Gasteiger partial charge on any atom is 0.198 e. The van der Waals surface area contributed by atoms with Crippen molar-refractivity contribution in [2.75, 3.05) is 12.1 Å². The van der Waals surface area contributed by atoms with E-state index >= 15 is 0 Å². The minimum absolute atomic E-state index is 0.0323. The van der Waals surface area contributed by atoms with Crippen molar-refractivity contribution in [1.82, 2.24) is 15.4 Å². The third kappa shape index (κ3) is 4.51. The zero-order valence-corrected chi connectivity index (χ0v) is 13.2. The Hall–Kier alpha value is -1.99. The highest BCUT2D eigenvalue weighted by Crippen LogP contribution is 2.18. The van der Waals surface area contributed by atoms with Crippen molar-refractivity contribution in [3.8, 4) is 0 Å². The largest absolute Gasteiger partial charge is 0.495 e. The molecule has 0 amide bonds. The molecular weight excluding hydrogens is 304 g/mol. The molecule has 2 heterocycles. The smallest absolute Gasteiger partial charge is 0.198 e. The fourth-order valence-electron chi connectivity index (χ4n) is 1.54. The Morgan fingerprint density at radius 1 is 1.19 bits per heavy atom. The van der Waals surface area contributed by atoms with Crippen LogP contribution in [0.2, 0.25) is 0 Å². The molecule has 2 rings (SSSR count). The fourth-order valence-corrected chi connectivity index (χ4v) is 2.15. The molecule has 0 aliphatic rings. The van der Waals surface area contributed by atoms with Crippen LogP contribution in [0, 0.1) is 0 Å². The first-order chi connectivity index (χ1) is 10.2. The molecule has 0 radical (unpaired) electrons. The second-order valence-electron chi connectivity index (χ2n) is 4.19. The molecule has 0 aliphatic carbocycles. The summed E-state index contributed by atoms with van der Waals surface area (Å²) in [7, 11) is -0.780. The Morgan fingerprint density at radius 3 is 2.19 bits per heavy atom. The summed E-state index contributed by atoms with van der Waals surface area (Å²) in [6.07, 6.45) is 5.31. The summed E-state index contributed by atoms with van der Waals surface area (Å²) < 4.78 is 0.0323. The molecule has 0 fully saturated rings. The Morgan fingerprint density at radius 2 is 1.76 bits per heavy atom. The van der Waals surface area contributed by atoms with E-state index < -0.39 is 10.9 Å². The van der Waals surface area contributed by atoms with Crippen molar-refractivity contribution in [2.24, 2.45) is 5.10 Å². The van der Waals surface area contributed by atoms with Crippen LogP contribution in [0.25, 0.3) is 0 Å². The molecule has 0 aliphatic heterocycles. The van der Waals surface area contributed by atoms with Gasteiger partial charge in [0.05, 0.1) is 17.3 Å². The van der Waals surface area contributed by atoms with Gasteiger partial charge in [0.1, 0.15) is 5.71 Å². The first kappa shape index (κ1) is 15.4. The van der Waals surface area contributed by atoms with E-state index in [0.29, 0.717) is 11.6 Å². The molecule has 2 aromatic heterocycles. The van der Waals surface area contributed by atoms with Gasteiger partial charge in [0.15, 0.2) is 4.38 Å². The lowest BCUT2D eigenvalue weighted by molar-refractivity contribution is 0.584. The number of nitrogens with zero attached hydrogens (tertiary/aromatic N) is 3. The lowest BCUT2D eigenvalue weighted by Crippen LogP contribution is -2.17. The van der Waals surface area contributed by atoms with Crippen LogP contribution in [-0.4, -0.2) is 37.3 Å². The first-order valence-corrected chi connectivity index (χ1v) is 8.64. The van der Waals surface area contributed by atoms with Gasteiger partial charge >= 0.3 is 0 Å². The van der Waals surface area contributed by atoms with Crippen LogP contribution in [0.1, 0.15) is 11.4 Å².